The third-order valence-corrected chi connectivity index (χ3v) is 6.18. The molecule has 0 aliphatic heterocycles. The van der Waals surface area contributed by atoms with Crippen molar-refractivity contribution in [1.29, 1.82) is 0 Å². The van der Waals surface area contributed by atoms with E-state index in [1.54, 1.807) is 24.3 Å². The van der Waals surface area contributed by atoms with Crippen LogP contribution in [0.4, 0.5) is 0 Å². The summed E-state index contributed by atoms with van der Waals surface area (Å²) in [4.78, 5) is 11.7. The van der Waals surface area contributed by atoms with Gasteiger partial charge in [-0.1, -0.05) is 54.1 Å². The van der Waals surface area contributed by atoms with Gasteiger partial charge in [0, 0.05) is 17.6 Å². The number of esters is 1. The number of hydrogen-bond acceptors (Lipinski definition) is 4. The van der Waals surface area contributed by atoms with Gasteiger partial charge in [-0.05, 0) is 71.3 Å². The van der Waals surface area contributed by atoms with Crippen LogP contribution in [0.5, 0.6) is 0 Å². The maximum Gasteiger partial charge on any atom is 0.337 e. The topological polar surface area (TPSA) is 58.6 Å². The number of hydrogen-bond donors (Lipinski definition) is 2. The summed E-state index contributed by atoms with van der Waals surface area (Å²) in [7, 11) is 1.39. The van der Waals surface area contributed by atoms with Crippen molar-refractivity contribution >= 4 is 17.6 Å². The fourth-order valence-electron chi connectivity index (χ4n) is 4.11. The van der Waals surface area contributed by atoms with Gasteiger partial charge in [0.1, 0.15) is 0 Å². The first-order valence-corrected chi connectivity index (χ1v) is 10.9. The summed E-state index contributed by atoms with van der Waals surface area (Å²) in [5.41, 5.74) is 6.34. The lowest BCUT2D eigenvalue weighted by Crippen LogP contribution is -2.37. The second-order valence-electron chi connectivity index (χ2n) is 7.97. The Morgan fingerprint density at radius 2 is 1.77 bits per heavy atom. The zero-order chi connectivity index (χ0) is 21.8. The standard InChI is InChI=1S/C26H26ClNO3/c1-31-26(30)20-5-2-17(3-6-20)21-7-4-18-10-13-24(15-22(18)14-21)28-16-25(29)19-8-11-23(27)12-9-19/h2-9,11-12,14,24-25,28-29H,10,13,15-16H2,1H3/t24-,25+/m0/s1. The molecule has 1 aliphatic rings. The maximum atomic E-state index is 11.7. The summed E-state index contributed by atoms with van der Waals surface area (Å²) >= 11 is 5.93. The van der Waals surface area contributed by atoms with Crippen molar-refractivity contribution in [3.05, 3.63) is 94.0 Å². The molecule has 0 fully saturated rings. The minimum atomic E-state index is -0.557. The molecule has 0 aromatic heterocycles. The van der Waals surface area contributed by atoms with Gasteiger partial charge in [-0.25, -0.2) is 4.79 Å². The Labute approximate surface area is 187 Å². The van der Waals surface area contributed by atoms with E-state index in [2.05, 4.69) is 23.5 Å². The Hall–Kier alpha value is -2.66. The van der Waals surface area contributed by atoms with Crippen molar-refractivity contribution in [2.75, 3.05) is 13.7 Å². The molecular weight excluding hydrogens is 410 g/mol. The SMILES string of the molecule is COC(=O)c1ccc(-c2ccc3c(c2)C[C@@H](NC[C@@H](O)c2ccc(Cl)cc2)CC3)cc1. The first-order chi connectivity index (χ1) is 15.0. The molecule has 3 aromatic carbocycles. The van der Waals surface area contributed by atoms with Gasteiger partial charge in [-0.3, -0.25) is 0 Å². The van der Waals surface area contributed by atoms with E-state index in [1.807, 2.05) is 24.3 Å². The van der Waals surface area contributed by atoms with Crippen LogP contribution in [0, 0.1) is 0 Å². The molecule has 0 saturated carbocycles. The number of methoxy groups -OCH3 is 1. The number of ether oxygens (including phenoxy) is 1. The highest BCUT2D eigenvalue weighted by Gasteiger charge is 2.20. The molecule has 4 rings (SSSR count). The highest BCUT2D eigenvalue weighted by molar-refractivity contribution is 6.30. The number of fused-ring (bicyclic) bond motifs is 1. The van der Waals surface area contributed by atoms with Crippen molar-refractivity contribution < 1.29 is 14.6 Å². The number of nitrogens with one attached hydrogen (secondary N) is 1. The first kappa shape index (κ1) is 21.6. The average molecular weight is 436 g/mol. The Kier molecular flexibility index (Phi) is 6.71. The summed E-state index contributed by atoms with van der Waals surface area (Å²) in [6, 6.07) is 21.7. The lowest BCUT2D eigenvalue weighted by Gasteiger charge is -2.27. The Balaban J connectivity index is 1.41. The summed E-state index contributed by atoms with van der Waals surface area (Å²) in [5, 5.41) is 14.7. The predicted octanol–water partition coefficient (Wildman–Crippen LogP) is 4.97. The van der Waals surface area contributed by atoms with Crippen LogP contribution in [-0.2, 0) is 17.6 Å². The third kappa shape index (κ3) is 5.16. The van der Waals surface area contributed by atoms with Crippen LogP contribution in [0.15, 0.2) is 66.7 Å². The third-order valence-electron chi connectivity index (χ3n) is 5.93. The Morgan fingerprint density at radius 1 is 1.06 bits per heavy atom. The molecule has 0 radical (unpaired) electrons. The van der Waals surface area contributed by atoms with E-state index in [4.69, 9.17) is 16.3 Å². The van der Waals surface area contributed by atoms with Crippen LogP contribution < -0.4 is 5.32 Å². The highest BCUT2D eigenvalue weighted by atomic mass is 35.5. The van der Waals surface area contributed by atoms with Crippen LogP contribution in [0.1, 0.15) is 39.6 Å². The zero-order valence-corrected chi connectivity index (χ0v) is 18.2. The molecule has 0 amide bonds. The average Bonchev–Trinajstić information content (AvgIpc) is 2.82. The Morgan fingerprint density at radius 3 is 2.48 bits per heavy atom. The van der Waals surface area contributed by atoms with Gasteiger partial charge in [0.15, 0.2) is 0 Å². The number of aliphatic hydroxyl groups excluding tert-OH is 1. The number of carbonyl (C=O) groups excluding carboxylic acids is 1. The van der Waals surface area contributed by atoms with Gasteiger partial charge in [-0.2, -0.15) is 0 Å². The first-order valence-electron chi connectivity index (χ1n) is 10.5. The van der Waals surface area contributed by atoms with Crippen LogP contribution in [0.25, 0.3) is 11.1 Å². The molecule has 31 heavy (non-hydrogen) atoms. The summed E-state index contributed by atoms with van der Waals surface area (Å²) in [6.45, 7) is 0.510. The van der Waals surface area contributed by atoms with E-state index in [1.165, 1.54) is 18.2 Å². The smallest absolute Gasteiger partial charge is 0.337 e. The lowest BCUT2D eigenvalue weighted by atomic mass is 9.86. The highest BCUT2D eigenvalue weighted by Crippen LogP contribution is 2.28. The lowest BCUT2D eigenvalue weighted by molar-refractivity contribution is 0.0600. The monoisotopic (exact) mass is 435 g/mol. The maximum absolute atomic E-state index is 11.7. The van der Waals surface area contributed by atoms with Crippen LogP contribution in [0.2, 0.25) is 5.02 Å². The van der Waals surface area contributed by atoms with Gasteiger partial charge in [0.25, 0.3) is 0 Å². The normalized spacial score (nSPS) is 16.4. The predicted molar refractivity (Wildman–Crippen MR) is 123 cm³/mol. The Bertz CT molecular complexity index is 1050. The van der Waals surface area contributed by atoms with E-state index in [0.717, 1.165) is 36.0 Å². The quantitative estimate of drug-likeness (QED) is 0.536. The van der Waals surface area contributed by atoms with Gasteiger partial charge < -0.3 is 15.2 Å². The second kappa shape index (κ2) is 9.65. The molecule has 0 spiro atoms. The minimum Gasteiger partial charge on any atom is -0.465 e. The van der Waals surface area contributed by atoms with Gasteiger partial charge in [-0.15, -0.1) is 0 Å². The van der Waals surface area contributed by atoms with E-state index >= 15 is 0 Å². The molecule has 2 N–H and O–H groups in total. The minimum absolute atomic E-state index is 0.325. The van der Waals surface area contributed by atoms with Crippen molar-refractivity contribution in [1.82, 2.24) is 5.32 Å². The number of aliphatic hydroxyl groups is 1. The van der Waals surface area contributed by atoms with Crippen molar-refractivity contribution in [2.45, 2.75) is 31.4 Å². The second-order valence-corrected chi connectivity index (χ2v) is 8.40. The number of halogens is 1. The van der Waals surface area contributed by atoms with Crippen LogP contribution in [-0.4, -0.2) is 30.8 Å². The zero-order valence-electron chi connectivity index (χ0n) is 17.5. The molecule has 3 aromatic rings. The molecule has 0 bridgehead atoms. The van der Waals surface area contributed by atoms with Crippen molar-refractivity contribution in [2.24, 2.45) is 0 Å². The molecule has 0 unspecified atom stereocenters. The van der Waals surface area contributed by atoms with Crippen molar-refractivity contribution in [3.8, 4) is 11.1 Å². The van der Waals surface area contributed by atoms with Crippen LogP contribution in [0.3, 0.4) is 0 Å². The molecule has 160 valence electrons. The fourth-order valence-corrected chi connectivity index (χ4v) is 4.23. The molecule has 1 aliphatic carbocycles. The number of aryl methyl sites for hydroxylation is 1. The fraction of sp³-hybridized carbons (Fsp3) is 0.269. The van der Waals surface area contributed by atoms with Gasteiger partial charge >= 0.3 is 5.97 Å². The van der Waals surface area contributed by atoms with E-state index < -0.39 is 6.10 Å². The van der Waals surface area contributed by atoms with Gasteiger partial charge in [0.05, 0.1) is 18.8 Å². The molecular formula is C26H26ClNO3. The summed E-state index contributed by atoms with van der Waals surface area (Å²) < 4.78 is 4.77. The number of benzene rings is 3. The molecule has 0 heterocycles. The van der Waals surface area contributed by atoms with E-state index in [0.29, 0.717) is 23.2 Å². The van der Waals surface area contributed by atoms with E-state index in [-0.39, 0.29) is 5.97 Å². The summed E-state index contributed by atoms with van der Waals surface area (Å²) in [5.74, 6) is -0.327. The molecule has 4 nitrogen and oxygen atoms in total. The van der Waals surface area contributed by atoms with E-state index in [9.17, 15) is 9.90 Å². The number of carbonyl (C=O) groups is 1. The number of rotatable bonds is 6. The largest absolute Gasteiger partial charge is 0.465 e. The van der Waals surface area contributed by atoms with Gasteiger partial charge in [0.2, 0.25) is 0 Å². The summed E-state index contributed by atoms with van der Waals surface area (Å²) in [6.07, 6.45) is 2.44. The molecule has 5 heteroatoms. The molecule has 2 atom stereocenters. The van der Waals surface area contributed by atoms with Crippen molar-refractivity contribution in [3.63, 3.8) is 0 Å². The molecule has 0 saturated heterocycles. The van der Waals surface area contributed by atoms with Crippen LogP contribution >= 0.6 is 11.6 Å².